The molecule has 0 aliphatic heterocycles. The lowest BCUT2D eigenvalue weighted by Crippen LogP contribution is -1.95. The number of aromatic nitrogens is 2. The standard InChI is InChI=1S/C14H19N3OS/c1-4-10(3)19-8-13-16-14(18-17-13)12-7-11(15)6-5-9(12)2/h5-7,10H,4,8,15H2,1-3H3. The van der Waals surface area contributed by atoms with Crippen LogP contribution in [0.25, 0.3) is 11.5 Å². The van der Waals surface area contributed by atoms with Crippen molar-refractivity contribution >= 4 is 17.4 Å². The maximum atomic E-state index is 5.79. The maximum absolute atomic E-state index is 5.79. The van der Waals surface area contributed by atoms with E-state index in [2.05, 4.69) is 24.0 Å². The molecule has 102 valence electrons. The van der Waals surface area contributed by atoms with Crippen molar-refractivity contribution in [3.8, 4) is 11.5 Å². The third-order valence-corrected chi connectivity index (χ3v) is 4.36. The summed E-state index contributed by atoms with van der Waals surface area (Å²) < 4.78 is 5.32. The Balaban J connectivity index is 2.14. The molecule has 0 radical (unpaired) electrons. The molecule has 2 N–H and O–H groups in total. The van der Waals surface area contributed by atoms with E-state index in [0.717, 1.165) is 29.1 Å². The number of thioether (sulfide) groups is 1. The molecule has 0 spiro atoms. The summed E-state index contributed by atoms with van der Waals surface area (Å²) in [7, 11) is 0. The molecule has 2 aromatic rings. The van der Waals surface area contributed by atoms with Crippen LogP contribution in [0.3, 0.4) is 0 Å². The minimum atomic E-state index is 0.546. The van der Waals surface area contributed by atoms with E-state index in [4.69, 9.17) is 10.3 Å². The van der Waals surface area contributed by atoms with Crippen LogP contribution in [0, 0.1) is 6.92 Å². The minimum Gasteiger partial charge on any atom is -0.399 e. The second kappa shape index (κ2) is 6.10. The lowest BCUT2D eigenvalue weighted by atomic mass is 10.1. The summed E-state index contributed by atoms with van der Waals surface area (Å²) in [6.45, 7) is 6.38. The summed E-state index contributed by atoms with van der Waals surface area (Å²) in [5.74, 6) is 2.06. The van der Waals surface area contributed by atoms with Gasteiger partial charge < -0.3 is 10.3 Å². The predicted molar refractivity (Wildman–Crippen MR) is 79.9 cm³/mol. The first-order valence-electron chi connectivity index (χ1n) is 6.40. The molecule has 4 nitrogen and oxygen atoms in total. The van der Waals surface area contributed by atoms with E-state index in [1.54, 1.807) is 0 Å². The van der Waals surface area contributed by atoms with Crippen LogP contribution in [0.4, 0.5) is 5.69 Å². The third-order valence-electron chi connectivity index (χ3n) is 3.03. The first-order valence-corrected chi connectivity index (χ1v) is 7.45. The smallest absolute Gasteiger partial charge is 0.258 e. The van der Waals surface area contributed by atoms with Gasteiger partial charge in [0.15, 0.2) is 5.82 Å². The van der Waals surface area contributed by atoms with Crippen molar-refractivity contribution in [1.29, 1.82) is 0 Å². The molecular weight excluding hydrogens is 258 g/mol. The number of nitrogens with zero attached hydrogens (tertiary/aromatic N) is 2. The van der Waals surface area contributed by atoms with Gasteiger partial charge >= 0.3 is 0 Å². The van der Waals surface area contributed by atoms with E-state index in [0.29, 0.717) is 16.8 Å². The average molecular weight is 277 g/mol. The van der Waals surface area contributed by atoms with Crippen molar-refractivity contribution in [2.24, 2.45) is 0 Å². The number of aryl methyl sites for hydroxylation is 1. The Bertz CT molecular complexity index is 553. The predicted octanol–water partition coefficient (Wildman–Crippen LogP) is 3.66. The van der Waals surface area contributed by atoms with Gasteiger partial charge in [-0.2, -0.15) is 16.7 Å². The number of benzene rings is 1. The molecule has 1 heterocycles. The number of hydrogen-bond donors (Lipinski definition) is 1. The van der Waals surface area contributed by atoms with E-state index < -0.39 is 0 Å². The van der Waals surface area contributed by atoms with Crippen molar-refractivity contribution in [3.05, 3.63) is 29.6 Å². The zero-order valence-electron chi connectivity index (χ0n) is 11.5. The van der Waals surface area contributed by atoms with E-state index in [-0.39, 0.29) is 0 Å². The van der Waals surface area contributed by atoms with Crippen LogP contribution in [0.15, 0.2) is 22.7 Å². The number of hydrogen-bond acceptors (Lipinski definition) is 5. The van der Waals surface area contributed by atoms with Crippen molar-refractivity contribution in [2.45, 2.75) is 38.2 Å². The quantitative estimate of drug-likeness (QED) is 0.845. The fourth-order valence-electron chi connectivity index (χ4n) is 1.63. The second-order valence-electron chi connectivity index (χ2n) is 4.62. The Hall–Kier alpha value is -1.49. The van der Waals surface area contributed by atoms with Crippen LogP contribution >= 0.6 is 11.8 Å². The van der Waals surface area contributed by atoms with Gasteiger partial charge in [-0.15, -0.1) is 0 Å². The van der Waals surface area contributed by atoms with E-state index >= 15 is 0 Å². The van der Waals surface area contributed by atoms with Gasteiger partial charge in [-0.1, -0.05) is 25.1 Å². The fourth-order valence-corrected chi connectivity index (χ4v) is 2.41. The Morgan fingerprint density at radius 1 is 1.42 bits per heavy atom. The Labute approximate surface area is 117 Å². The normalized spacial score (nSPS) is 12.6. The highest BCUT2D eigenvalue weighted by Crippen LogP contribution is 2.25. The first kappa shape index (κ1) is 13.9. The van der Waals surface area contributed by atoms with Gasteiger partial charge in [0.05, 0.1) is 5.75 Å². The molecule has 0 saturated heterocycles. The monoisotopic (exact) mass is 277 g/mol. The number of anilines is 1. The van der Waals surface area contributed by atoms with Gasteiger partial charge in [0.2, 0.25) is 0 Å². The highest BCUT2D eigenvalue weighted by Gasteiger charge is 2.12. The molecule has 19 heavy (non-hydrogen) atoms. The molecule has 1 aromatic heterocycles. The van der Waals surface area contributed by atoms with Crippen molar-refractivity contribution in [3.63, 3.8) is 0 Å². The first-order chi connectivity index (χ1) is 9.10. The zero-order valence-corrected chi connectivity index (χ0v) is 12.3. The molecule has 1 atom stereocenters. The van der Waals surface area contributed by atoms with Crippen LogP contribution in [-0.4, -0.2) is 15.4 Å². The lowest BCUT2D eigenvalue weighted by Gasteiger charge is -2.04. The number of rotatable bonds is 5. The lowest BCUT2D eigenvalue weighted by molar-refractivity contribution is 0.425. The fraction of sp³-hybridized carbons (Fsp3) is 0.429. The Kier molecular flexibility index (Phi) is 4.47. The summed E-state index contributed by atoms with van der Waals surface area (Å²) in [6, 6.07) is 5.70. The molecule has 0 amide bonds. The number of nitrogen functional groups attached to an aromatic ring is 1. The molecule has 2 rings (SSSR count). The molecule has 1 unspecified atom stereocenters. The van der Waals surface area contributed by atoms with Gasteiger partial charge in [-0.3, -0.25) is 0 Å². The summed E-state index contributed by atoms with van der Waals surface area (Å²) in [4.78, 5) is 4.43. The third kappa shape index (κ3) is 3.50. The van der Waals surface area contributed by atoms with Crippen molar-refractivity contribution in [1.82, 2.24) is 10.1 Å². The Morgan fingerprint density at radius 2 is 2.21 bits per heavy atom. The van der Waals surface area contributed by atoms with Crippen molar-refractivity contribution < 1.29 is 4.52 Å². The molecule has 0 fully saturated rings. The average Bonchev–Trinajstić information content (AvgIpc) is 2.87. The number of nitrogens with two attached hydrogens (primary N) is 1. The van der Waals surface area contributed by atoms with Gasteiger partial charge in [0, 0.05) is 16.5 Å². The van der Waals surface area contributed by atoms with Crippen LogP contribution < -0.4 is 5.73 Å². The van der Waals surface area contributed by atoms with Gasteiger partial charge in [0.1, 0.15) is 0 Å². The van der Waals surface area contributed by atoms with Crippen molar-refractivity contribution in [2.75, 3.05) is 5.73 Å². The van der Waals surface area contributed by atoms with E-state index in [1.807, 2.05) is 36.9 Å². The molecule has 0 saturated carbocycles. The second-order valence-corrected chi connectivity index (χ2v) is 6.05. The zero-order chi connectivity index (χ0) is 13.8. The molecule has 0 aliphatic carbocycles. The van der Waals surface area contributed by atoms with Crippen LogP contribution in [0.1, 0.15) is 31.7 Å². The summed E-state index contributed by atoms with van der Waals surface area (Å²) in [5, 5.41) is 4.63. The van der Waals surface area contributed by atoms with Crippen LogP contribution in [0.2, 0.25) is 0 Å². The molecule has 5 heteroatoms. The SMILES string of the molecule is CCC(C)SCc1noc(-c2cc(N)ccc2C)n1. The summed E-state index contributed by atoms with van der Waals surface area (Å²) in [6.07, 6.45) is 1.14. The topological polar surface area (TPSA) is 64.9 Å². The van der Waals surface area contributed by atoms with E-state index in [1.165, 1.54) is 0 Å². The maximum Gasteiger partial charge on any atom is 0.258 e. The molecule has 0 aliphatic rings. The van der Waals surface area contributed by atoms with E-state index in [9.17, 15) is 0 Å². The Morgan fingerprint density at radius 3 is 2.95 bits per heavy atom. The van der Waals surface area contributed by atoms with Gasteiger partial charge in [-0.25, -0.2) is 0 Å². The van der Waals surface area contributed by atoms with Gasteiger partial charge in [-0.05, 0) is 31.0 Å². The van der Waals surface area contributed by atoms with Gasteiger partial charge in [0.25, 0.3) is 5.89 Å². The summed E-state index contributed by atoms with van der Waals surface area (Å²) in [5.41, 5.74) is 8.49. The summed E-state index contributed by atoms with van der Waals surface area (Å²) >= 11 is 1.84. The highest BCUT2D eigenvalue weighted by atomic mass is 32.2. The molecule has 0 bridgehead atoms. The highest BCUT2D eigenvalue weighted by molar-refractivity contribution is 7.99. The largest absolute Gasteiger partial charge is 0.399 e. The van der Waals surface area contributed by atoms with Crippen LogP contribution in [-0.2, 0) is 5.75 Å². The minimum absolute atomic E-state index is 0.546. The van der Waals surface area contributed by atoms with Crippen LogP contribution in [0.5, 0.6) is 0 Å². The molecule has 1 aromatic carbocycles. The molecular formula is C14H19N3OS.